The molecule has 0 fully saturated rings. The van der Waals surface area contributed by atoms with Crippen LogP contribution < -0.4 is 26.7 Å². The number of nitrogens with zero attached hydrogens (tertiary/aromatic N) is 2. The third-order valence-corrected chi connectivity index (χ3v) is 2.96. The molecule has 7 heteroatoms. The minimum atomic E-state index is 0.126. The van der Waals surface area contributed by atoms with Crippen molar-refractivity contribution in [3.63, 3.8) is 0 Å². The van der Waals surface area contributed by atoms with E-state index < -0.39 is 0 Å². The molecule has 6 N–H and O–H groups in total. The van der Waals surface area contributed by atoms with Crippen molar-refractivity contribution in [2.24, 2.45) is 5.73 Å². The topological polar surface area (TPSA) is 122 Å². The summed E-state index contributed by atoms with van der Waals surface area (Å²) < 4.78 is 10.5. The van der Waals surface area contributed by atoms with Crippen molar-refractivity contribution in [2.45, 2.75) is 6.54 Å². The summed E-state index contributed by atoms with van der Waals surface area (Å²) >= 11 is 0. The van der Waals surface area contributed by atoms with Gasteiger partial charge >= 0.3 is 0 Å². The van der Waals surface area contributed by atoms with E-state index in [0.29, 0.717) is 29.4 Å². The van der Waals surface area contributed by atoms with E-state index in [0.717, 1.165) is 11.1 Å². The summed E-state index contributed by atoms with van der Waals surface area (Å²) in [6, 6.07) is 3.61. The Morgan fingerprint density at radius 2 is 1.70 bits per heavy atom. The lowest BCUT2D eigenvalue weighted by atomic mass is 10.00. The first-order valence-corrected chi connectivity index (χ1v) is 5.94. The van der Waals surface area contributed by atoms with Crippen LogP contribution in [0.4, 0.5) is 11.8 Å². The van der Waals surface area contributed by atoms with Crippen molar-refractivity contribution in [3.8, 4) is 22.6 Å². The maximum Gasteiger partial charge on any atom is 0.221 e. The van der Waals surface area contributed by atoms with Gasteiger partial charge in [-0.05, 0) is 23.3 Å². The van der Waals surface area contributed by atoms with E-state index >= 15 is 0 Å². The van der Waals surface area contributed by atoms with Gasteiger partial charge in [-0.2, -0.15) is 4.98 Å². The van der Waals surface area contributed by atoms with Crippen molar-refractivity contribution in [1.29, 1.82) is 0 Å². The molecular formula is C13H17N5O2. The number of anilines is 2. The lowest BCUT2D eigenvalue weighted by Crippen LogP contribution is -2.05. The van der Waals surface area contributed by atoms with Crippen molar-refractivity contribution in [2.75, 3.05) is 25.7 Å². The van der Waals surface area contributed by atoms with Crippen LogP contribution in [0.1, 0.15) is 5.56 Å². The third kappa shape index (κ3) is 2.43. The molecule has 0 spiro atoms. The Balaban J connectivity index is 2.65. The van der Waals surface area contributed by atoms with Crippen molar-refractivity contribution in [3.05, 3.63) is 23.9 Å². The Hall–Kier alpha value is -2.54. The standard InChI is InChI=1S/C13H17N5O2/c1-19-10-3-7(5-14)8(4-11(10)20-2)9-6-17-13(16)18-12(9)15/h3-4,6H,5,14H2,1-2H3,(H4,15,16,17,18). The smallest absolute Gasteiger partial charge is 0.221 e. The number of aromatic nitrogens is 2. The second-order valence-electron chi connectivity index (χ2n) is 4.10. The third-order valence-electron chi connectivity index (χ3n) is 2.96. The zero-order valence-corrected chi connectivity index (χ0v) is 11.4. The van der Waals surface area contributed by atoms with Gasteiger partial charge in [-0.3, -0.25) is 0 Å². The van der Waals surface area contributed by atoms with Crippen LogP contribution in [0.3, 0.4) is 0 Å². The highest BCUT2D eigenvalue weighted by atomic mass is 16.5. The summed E-state index contributed by atoms with van der Waals surface area (Å²) in [7, 11) is 3.13. The first kappa shape index (κ1) is 13.9. The summed E-state index contributed by atoms with van der Waals surface area (Å²) in [6.45, 7) is 0.319. The summed E-state index contributed by atoms with van der Waals surface area (Å²) in [4.78, 5) is 7.92. The van der Waals surface area contributed by atoms with E-state index in [4.69, 9.17) is 26.7 Å². The van der Waals surface area contributed by atoms with Gasteiger partial charge in [0.05, 0.1) is 14.2 Å². The largest absolute Gasteiger partial charge is 0.493 e. The molecule has 1 aromatic carbocycles. The van der Waals surface area contributed by atoms with E-state index in [1.54, 1.807) is 26.5 Å². The van der Waals surface area contributed by atoms with Crippen LogP contribution in [0.5, 0.6) is 11.5 Å². The minimum Gasteiger partial charge on any atom is -0.493 e. The average Bonchev–Trinajstić information content (AvgIpc) is 2.46. The number of nitrogens with two attached hydrogens (primary N) is 3. The van der Waals surface area contributed by atoms with Gasteiger partial charge in [-0.15, -0.1) is 0 Å². The van der Waals surface area contributed by atoms with E-state index in [9.17, 15) is 0 Å². The SMILES string of the molecule is COc1cc(CN)c(-c2cnc(N)nc2N)cc1OC. The van der Waals surface area contributed by atoms with Crippen molar-refractivity contribution >= 4 is 11.8 Å². The van der Waals surface area contributed by atoms with Crippen LogP contribution in [0, 0.1) is 0 Å². The Labute approximate surface area is 116 Å². The fourth-order valence-electron chi connectivity index (χ4n) is 1.96. The molecule has 0 aliphatic carbocycles. The van der Waals surface area contributed by atoms with E-state index in [1.807, 2.05) is 6.07 Å². The van der Waals surface area contributed by atoms with Crippen LogP contribution in [0.2, 0.25) is 0 Å². The summed E-state index contributed by atoms with van der Waals surface area (Å²) in [5.74, 6) is 1.60. The van der Waals surface area contributed by atoms with E-state index in [2.05, 4.69) is 9.97 Å². The van der Waals surface area contributed by atoms with Gasteiger partial charge < -0.3 is 26.7 Å². The molecular weight excluding hydrogens is 258 g/mol. The van der Waals surface area contributed by atoms with Gasteiger partial charge in [-0.1, -0.05) is 0 Å². The normalized spacial score (nSPS) is 10.3. The molecule has 0 radical (unpaired) electrons. The molecule has 7 nitrogen and oxygen atoms in total. The average molecular weight is 275 g/mol. The molecule has 0 saturated heterocycles. The highest BCUT2D eigenvalue weighted by molar-refractivity contribution is 5.78. The molecule has 1 aromatic heterocycles. The lowest BCUT2D eigenvalue weighted by molar-refractivity contribution is 0.354. The number of rotatable bonds is 4. The Morgan fingerprint density at radius 1 is 1.05 bits per heavy atom. The molecule has 106 valence electrons. The molecule has 0 atom stereocenters. The van der Waals surface area contributed by atoms with Gasteiger partial charge in [-0.25, -0.2) is 4.98 Å². The highest BCUT2D eigenvalue weighted by Gasteiger charge is 2.15. The number of benzene rings is 1. The molecule has 2 rings (SSSR count). The predicted octanol–water partition coefficient (Wildman–Crippen LogP) is 0.784. The molecule has 0 aliphatic heterocycles. The van der Waals surface area contributed by atoms with Gasteiger partial charge in [0.25, 0.3) is 0 Å². The summed E-state index contributed by atoms with van der Waals surface area (Å²) in [5, 5.41) is 0. The first-order valence-electron chi connectivity index (χ1n) is 5.94. The van der Waals surface area contributed by atoms with Crippen LogP contribution in [-0.2, 0) is 6.54 Å². The van der Waals surface area contributed by atoms with Crippen LogP contribution in [0.25, 0.3) is 11.1 Å². The first-order chi connectivity index (χ1) is 9.60. The highest BCUT2D eigenvalue weighted by Crippen LogP contribution is 2.37. The number of ether oxygens (including phenoxy) is 2. The zero-order chi connectivity index (χ0) is 14.7. The lowest BCUT2D eigenvalue weighted by Gasteiger charge is -2.15. The van der Waals surface area contributed by atoms with Gasteiger partial charge in [0.15, 0.2) is 11.5 Å². The van der Waals surface area contributed by atoms with E-state index in [1.165, 1.54) is 0 Å². The fourth-order valence-corrected chi connectivity index (χ4v) is 1.96. The minimum absolute atomic E-state index is 0.126. The van der Waals surface area contributed by atoms with Crippen molar-refractivity contribution in [1.82, 2.24) is 9.97 Å². The fraction of sp³-hybridized carbons (Fsp3) is 0.231. The van der Waals surface area contributed by atoms with Gasteiger partial charge in [0, 0.05) is 18.3 Å². The van der Waals surface area contributed by atoms with Crippen LogP contribution >= 0.6 is 0 Å². The molecule has 0 bridgehead atoms. The second kappa shape index (κ2) is 5.62. The van der Waals surface area contributed by atoms with Crippen molar-refractivity contribution < 1.29 is 9.47 Å². The number of nitrogen functional groups attached to an aromatic ring is 2. The van der Waals surface area contributed by atoms with Crippen LogP contribution in [-0.4, -0.2) is 24.2 Å². The molecule has 0 saturated carbocycles. The van der Waals surface area contributed by atoms with E-state index in [-0.39, 0.29) is 5.95 Å². The quantitative estimate of drug-likeness (QED) is 0.753. The number of hydrogen-bond donors (Lipinski definition) is 3. The zero-order valence-electron chi connectivity index (χ0n) is 11.4. The summed E-state index contributed by atoms with van der Waals surface area (Å²) in [6.07, 6.45) is 1.57. The number of methoxy groups -OCH3 is 2. The molecule has 0 aliphatic rings. The molecule has 0 unspecified atom stereocenters. The number of hydrogen-bond acceptors (Lipinski definition) is 7. The predicted molar refractivity (Wildman–Crippen MR) is 77.3 cm³/mol. The molecule has 0 amide bonds. The molecule has 1 heterocycles. The maximum atomic E-state index is 5.90. The molecule has 2 aromatic rings. The monoisotopic (exact) mass is 275 g/mol. The maximum absolute atomic E-state index is 5.90. The van der Waals surface area contributed by atoms with Gasteiger partial charge in [0.1, 0.15) is 5.82 Å². The Kier molecular flexibility index (Phi) is 3.90. The van der Waals surface area contributed by atoms with Crippen LogP contribution in [0.15, 0.2) is 18.3 Å². The summed E-state index contributed by atoms with van der Waals surface area (Å²) in [5.41, 5.74) is 19.5. The second-order valence-corrected chi connectivity index (χ2v) is 4.10. The Morgan fingerprint density at radius 3 is 2.25 bits per heavy atom. The Bertz CT molecular complexity index is 630. The van der Waals surface area contributed by atoms with Gasteiger partial charge in [0.2, 0.25) is 5.95 Å². The molecule has 20 heavy (non-hydrogen) atoms.